The molecule has 96 valence electrons. The fourth-order valence-electron chi connectivity index (χ4n) is 1.38. The zero-order chi connectivity index (χ0) is 13.4. The number of benzene rings is 1. The molecule has 1 rings (SSSR count). The molecule has 1 N–H and O–H groups in total. The topological polar surface area (TPSA) is 55.2 Å². The van der Waals surface area contributed by atoms with Crippen LogP contribution in [-0.2, 0) is 6.54 Å². The normalized spacial score (nSPS) is 10.0. The number of hydrogen-bond acceptors (Lipinski definition) is 4. The van der Waals surface area contributed by atoms with Crippen molar-refractivity contribution in [3.63, 3.8) is 0 Å². The number of halogens is 1. The lowest BCUT2D eigenvalue weighted by Gasteiger charge is -2.06. The smallest absolute Gasteiger partial charge is 0.275 e. The number of thioether (sulfide) groups is 1. The summed E-state index contributed by atoms with van der Waals surface area (Å²) in [5.41, 5.74) is 0.567. The van der Waals surface area contributed by atoms with Crippen LogP contribution >= 0.6 is 23.4 Å². The second-order valence-corrected chi connectivity index (χ2v) is 4.94. The Kier molecular flexibility index (Phi) is 6.58. The van der Waals surface area contributed by atoms with Crippen LogP contribution < -0.4 is 5.32 Å². The molecule has 1 aromatic carbocycles. The summed E-state index contributed by atoms with van der Waals surface area (Å²) in [6, 6.07) is 4.68. The van der Waals surface area contributed by atoms with Crippen molar-refractivity contribution in [2.75, 3.05) is 18.1 Å². The average Bonchev–Trinajstić information content (AvgIpc) is 2.34. The number of nitro groups is 1. The lowest BCUT2D eigenvalue weighted by molar-refractivity contribution is -0.385. The molecule has 0 heterocycles. The van der Waals surface area contributed by atoms with Crippen molar-refractivity contribution in [1.82, 2.24) is 5.32 Å². The molecule has 0 saturated heterocycles. The van der Waals surface area contributed by atoms with E-state index in [0.717, 1.165) is 12.3 Å². The molecule has 6 heteroatoms. The molecule has 0 spiro atoms. The highest BCUT2D eigenvalue weighted by molar-refractivity contribution is 7.99. The molecule has 0 aromatic heterocycles. The average molecular weight is 285 g/mol. The lowest BCUT2D eigenvalue weighted by atomic mass is 10.2. The Morgan fingerprint density at radius 3 is 3.00 bits per heavy atom. The summed E-state index contributed by atoms with van der Waals surface area (Å²) < 4.78 is 0. The van der Waals surface area contributed by atoms with Gasteiger partial charge in [-0.15, -0.1) is 18.2 Å². The van der Waals surface area contributed by atoms with Crippen molar-refractivity contribution in [3.05, 3.63) is 38.9 Å². The minimum atomic E-state index is -0.421. The van der Waals surface area contributed by atoms with Gasteiger partial charge in [0, 0.05) is 24.9 Å². The highest BCUT2D eigenvalue weighted by Crippen LogP contribution is 2.25. The van der Waals surface area contributed by atoms with Gasteiger partial charge in [0.05, 0.1) is 21.3 Å². The predicted octanol–water partition coefficient (Wildman–Crippen LogP) is 2.70. The quantitative estimate of drug-likeness (QED) is 0.362. The van der Waals surface area contributed by atoms with Crippen LogP contribution in [0.1, 0.15) is 5.56 Å². The molecule has 18 heavy (non-hydrogen) atoms. The van der Waals surface area contributed by atoms with Crippen molar-refractivity contribution in [2.24, 2.45) is 0 Å². The largest absolute Gasteiger partial charge is 0.312 e. The van der Waals surface area contributed by atoms with Crippen molar-refractivity contribution >= 4 is 29.1 Å². The SMILES string of the molecule is C#CCSCCNCc1c(Cl)cccc1[N+](=O)[O-]. The zero-order valence-corrected chi connectivity index (χ0v) is 11.3. The first-order valence-corrected chi connectivity index (χ1v) is 6.83. The third-order valence-corrected chi connectivity index (χ3v) is 3.42. The summed E-state index contributed by atoms with van der Waals surface area (Å²) >= 11 is 7.60. The van der Waals surface area contributed by atoms with E-state index in [-0.39, 0.29) is 5.69 Å². The zero-order valence-electron chi connectivity index (χ0n) is 9.69. The van der Waals surface area contributed by atoms with Crippen molar-refractivity contribution in [2.45, 2.75) is 6.54 Å². The van der Waals surface area contributed by atoms with E-state index in [1.807, 2.05) is 0 Å². The monoisotopic (exact) mass is 284 g/mol. The van der Waals surface area contributed by atoms with Crippen LogP contribution in [0.15, 0.2) is 18.2 Å². The number of nitrogens with one attached hydrogen (secondary N) is 1. The lowest BCUT2D eigenvalue weighted by Crippen LogP contribution is -2.17. The van der Waals surface area contributed by atoms with Gasteiger partial charge < -0.3 is 5.32 Å². The Bertz CT molecular complexity index is 460. The van der Waals surface area contributed by atoms with Crippen LogP contribution in [0.4, 0.5) is 5.69 Å². The van der Waals surface area contributed by atoms with Crippen LogP contribution in [-0.4, -0.2) is 23.0 Å². The first-order chi connectivity index (χ1) is 8.66. The van der Waals surface area contributed by atoms with E-state index in [2.05, 4.69) is 11.2 Å². The standard InChI is InChI=1S/C12H13ClN2O2S/c1-2-7-18-8-6-14-9-10-11(13)4-3-5-12(10)15(16)17/h1,3-5,14H,6-9H2. The van der Waals surface area contributed by atoms with E-state index < -0.39 is 4.92 Å². The first kappa shape index (κ1) is 14.8. The van der Waals surface area contributed by atoms with Gasteiger partial charge >= 0.3 is 0 Å². The molecule has 0 radical (unpaired) electrons. The molecule has 0 aliphatic heterocycles. The first-order valence-electron chi connectivity index (χ1n) is 5.30. The van der Waals surface area contributed by atoms with Crippen molar-refractivity contribution in [1.29, 1.82) is 0 Å². The molecule has 0 atom stereocenters. The van der Waals surface area contributed by atoms with Crippen molar-refractivity contribution in [3.8, 4) is 12.3 Å². The van der Waals surface area contributed by atoms with Crippen LogP contribution in [0.3, 0.4) is 0 Å². The Balaban J connectivity index is 2.51. The van der Waals surface area contributed by atoms with Gasteiger partial charge in [0.25, 0.3) is 5.69 Å². The summed E-state index contributed by atoms with van der Waals surface area (Å²) in [7, 11) is 0. The molecular formula is C12H13ClN2O2S. The van der Waals surface area contributed by atoms with Crippen molar-refractivity contribution < 1.29 is 4.92 Å². The third-order valence-electron chi connectivity index (χ3n) is 2.20. The number of nitrogens with zero attached hydrogens (tertiary/aromatic N) is 1. The summed E-state index contributed by atoms with van der Waals surface area (Å²) in [5.74, 6) is 4.07. The molecule has 1 aromatic rings. The highest BCUT2D eigenvalue weighted by atomic mass is 35.5. The molecule has 4 nitrogen and oxygen atoms in total. The molecule has 0 fully saturated rings. The van der Waals surface area contributed by atoms with Gasteiger partial charge in [-0.2, -0.15) is 0 Å². The van der Waals surface area contributed by atoms with E-state index in [9.17, 15) is 10.1 Å². The fraction of sp³-hybridized carbons (Fsp3) is 0.333. The van der Waals surface area contributed by atoms with E-state index in [0.29, 0.717) is 22.9 Å². The molecule has 0 saturated carbocycles. The fourth-order valence-corrected chi connectivity index (χ4v) is 2.17. The molecule has 0 aliphatic carbocycles. The van der Waals surface area contributed by atoms with Crippen LogP contribution in [0, 0.1) is 22.5 Å². The Labute approximate surface area is 115 Å². The van der Waals surface area contributed by atoms with Crippen LogP contribution in [0.5, 0.6) is 0 Å². The van der Waals surface area contributed by atoms with Gasteiger partial charge in [0.15, 0.2) is 0 Å². The van der Waals surface area contributed by atoms with E-state index in [4.69, 9.17) is 18.0 Å². The van der Waals surface area contributed by atoms with Crippen LogP contribution in [0.25, 0.3) is 0 Å². The molecule has 0 amide bonds. The summed E-state index contributed by atoms with van der Waals surface area (Å²) in [5, 5.41) is 14.4. The summed E-state index contributed by atoms with van der Waals surface area (Å²) in [4.78, 5) is 10.4. The van der Waals surface area contributed by atoms with Gasteiger partial charge in [-0.3, -0.25) is 10.1 Å². The van der Waals surface area contributed by atoms with Gasteiger partial charge in [0.1, 0.15) is 0 Å². The Hall–Kier alpha value is -1.22. The number of terminal acetylenes is 1. The third kappa shape index (κ3) is 4.57. The van der Waals surface area contributed by atoms with E-state index in [1.165, 1.54) is 6.07 Å². The van der Waals surface area contributed by atoms with E-state index in [1.54, 1.807) is 23.9 Å². The number of hydrogen-bond donors (Lipinski definition) is 1. The van der Waals surface area contributed by atoms with Gasteiger partial charge in [-0.05, 0) is 6.07 Å². The Morgan fingerprint density at radius 1 is 1.56 bits per heavy atom. The summed E-state index contributed by atoms with van der Waals surface area (Å²) in [6.45, 7) is 1.11. The van der Waals surface area contributed by atoms with Gasteiger partial charge in [-0.25, -0.2) is 0 Å². The number of nitro benzene ring substituents is 1. The number of rotatable bonds is 7. The van der Waals surface area contributed by atoms with Gasteiger partial charge in [-0.1, -0.05) is 23.6 Å². The minimum Gasteiger partial charge on any atom is -0.312 e. The second kappa shape index (κ2) is 7.98. The predicted molar refractivity (Wildman–Crippen MR) is 76.0 cm³/mol. The highest BCUT2D eigenvalue weighted by Gasteiger charge is 2.15. The second-order valence-electron chi connectivity index (χ2n) is 3.43. The van der Waals surface area contributed by atoms with Crippen LogP contribution in [0.2, 0.25) is 5.02 Å². The summed E-state index contributed by atoms with van der Waals surface area (Å²) in [6.07, 6.45) is 5.12. The molecule has 0 unspecified atom stereocenters. The maximum absolute atomic E-state index is 10.8. The maximum atomic E-state index is 10.8. The minimum absolute atomic E-state index is 0.0475. The molecule has 0 bridgehead atoms. The van der Waals surface area contributed by atoms with E-state index >= 15 is 0 Å². The van der Waals surface area contributed by atoms with Gasteiger partial charge in [0.2, 0.25) is 0 Å². The Morgan fingerprint density at radius 2 is 2.33 bits per heavy atom. The molecule has 0 aliphatic rings. The molecular weight excluding hydrogens is 272 g/mol. The maximum Gasteiger partial charge on any atom is 0.275 e.